The molecule has 1 aliphatic heterocycles. The van der Waals surface area contributed by atoms with Crippen molar-refractivity contribution in [1.29, 1.82) is 0 Å². The second kappa shape index (κ2) is 7.75. The Bertz CT molecular complexity index is 1300. The van der Waals surface area contributed by atoms with E-state index in [0.29, 0.717) is 16.4 Å². The van der Waals surface area contributed by atoms with E-state index >= 15 is 0 Å². The van der Waals surface area contributed by atoms with Crippen LogP contribution < -0.4 is 16.0 Å². The maximum atomic E-state index is 13.5. The normalized spacial score (nSPS) is 13.2. The van der Waals surface area contributed by atoms with Gasteiger partial charge in [-0.25, -0.2) is 9.97 Å². The monoisotopic (exact) mass is 456 g/mol. The van der Waals surface area contributed by atoms with Crippen molar-refractivity contribution in [3.8, 4) is 0 Å². The van der Waals surface area contributed by atoms with Crippen LogP contribution in [0.4, 0.5) is 36.3 Å². The van der Waals surface area contributed by atoms with Gasteiger partial charge in [0.15, 0.2) is 0 Å². The molecule has 0 bridgehead atoms. The lowest BCUT2D eigenvalue weighted by Crippen LogP contribution is -2.14. The van der Waals surface area contributed by atoms with Gasteiger partial charge in [0.2, 0.25) is 11.9 Å². The lowest BCUT2D eigenvalue weighted by Gasteiger charge is -2.14. The maximum Gasteiger partial charge on any atom is 0.421 e. The van der Waals surface area contributed by atoms with Crippen LogP contribution in [0.25, 0.3) is 10.2 Å². The fourth-order valence-corrected chi connectivity index (χ4v) is 4.28. The lowest BCUT2D eigenvalue weighted by molar-refractivity contribution is -0.137. The number of para-hydroxylation sites is 1. The van der Waals surface area contributed by atoms with Gasteiger partial charge in [0, 0.05) is 17.6 Å². The van der Waals surface area contributed by atoms with Crippen molar-refractivity contribution in [3.05, 3.63) is 64.8 Å². The molecule has 7 nitrogen and oxygen atoms in total. The molecule has 2 aromatic carbocycles. The molecule has 0 atom stereocenters. The Morgan fingerprint density at radius 1 is 1.12 bits per heavy atom. The fourth-order valence-electron chi connectivity index (χ4n) is 3.38. The van der Waals surface area contributed by atoms with Gasteiger partial charge in [-0.05, 0) is 35.9 Å². The van der Waals surface area contributed by atoms with Gasteiger partial charge in [-0.1, -0.05) is 12.1 Å². The Hall–Kier alpha value is -3.73. The second-order valence-electron chi connectivity index (χ2n) is 7.10. The molecule has 0 aliphatic carbocycles. The van der Waals surface area contributed by atoms with Gasteiger partial charge in [0.05, 0.1) is 23.2 Å². The fraction of sp³-hybridized carbons (Fsp3) is 0.143. The van der Waals surface area contributed by atoms with Crippen LogP contribution in [0.5, 0.6) is 0 Å². The predicted octanol–water partition coefficient (Wildman–Crippen LogP) is 4.96. The summed E-state index contributed by atoms with van der Waals surface area (Å²) in [7, 11) is 0. The van der Waals surface area contributed by atoms with Crippen LogP contribution in [0.3, 0.4) is 0 Å². The molecule has 162 valence electrons. The first kappa shape index (κ1) is 20.2. The summed E-state index contributed by atoms with van der Waals surface area (Å²) < 4.78 is 41.4. The molecule has 0 saturated heterocycles. The maximum absolute atomic E-state index is 13.5. The van der Waals surface area contributed by atoms with E-state index < -0.39 is 11.7 Å². The third kappa shape index (κ3) is 4.06. The van der Waals surface area contributed by atoms with Gasteiger partial charge in [0.25, 0.3) is 0 Å². The molecule has 1 amide bonds. The van der Waals surface area contributed by atoms with Crippen molar-refractivity contribution < 1.29 is 18.0 Å². The quantitative estimate of drug-likeness (QED) is 0.393. The number of hydrogen-bond donors (Lipinski definition) is 3. The molecule has 11 heteroatoms. The van der Waals surface area contributed by atoms with Gasteiger partial charge >= 0.3 is 6.18 Å². The van der Waals surface area contributed by atoms with Crippen LogP contribution in [0.15, 0.2) is 48.7 Å². The lowest BCUT2D eigenvalue weighted by atomic mass is 10.1. The third-order valence-electron chi connectivity index (χ3n) is 4.83. The molecule has 0 saturated carbocycles. The SMILES string of the molecule is O=C1Cc2cc(Nc3ncc(C(F)(F)F)c(NCc4nc5ccccc5s4)n3)ccc2N1. The highest BCUT2D eigenvalue weighted by Crippen LogP contribution is 2.35. The molecule has 5 rings (SSSR count). The number of carbonyl (C=O) groups excluding carboxylic acids is 1. The minimum Gasteiger partial charge on any atom is -0.363 e. The summed E-state index contributed by atoms with van der Waals surface area (Å²) in [4.78, 5) is 23.8. The van der Waals surface area contributed by atoms with Crippen molar-refractivity contribution in [2.24, 2.45) is 0 Å². The first-order valence-electron chi connectivity index (χ1n) is 9.57. The number of fused-ring (bicyclic) bond motifs is 2. The van der Waals surface area contributed by atoms with Gasteiger partial charge in [-0.3, -0.25) is 4.79 Å². The number of benzene rings is 2. The Morgan fingerprint density at radius 3 is 2.78 bits per heavy atom. The van der Waals surface area contributed by atoms with E-state index in [1.807, 2.05) is 24.3 Å². The summed E-state index contributed by atoms with van der Waals surface area (Å²) in [5.41, 5.74) is 1.90. The minimum absolute atomic E-state index is 0.00188. The summed E-state index contributed by atoms with van der Waals surface area (Å²) in [6, 6.07) is 12.6. The summed E-state index contributed by atoms with van der Waals surface area (Å²) in [5, 5.41) is 9.03. The van der Waals surface area contributed by atoms with Crippen LogP contribution in [-0.4, -0.2) is 20.9 Å². The number of rotatable bonds is 5. The summed E-state index contributed by atoms with van der Waals surface area (Å²) >= 11 is 1.40. The first-order chi connectivity index (χ1) is 15.3. The molecule has 0 spiro atoms. The van der Waals surface area contributed by atoms with Crippen LogP contribution in [0.2, 0.25) is 0 Å². The largest absolute Gasteiger partial charge is 0.421 e. The molecule has 0 radical (unpaired) electrons. The van der Waals surface area contributed by atoms with Crippen molar-refractivity contribution >= 4 is 50.6 Å². The molecule has 3 heterocycles. The molecule has 3 N–H and O–H groups in total. The topological polar surface area (TPSA) is 91.8 Å². The summed E-state index contributed by atoms with van der Waals surface area (Å²) in [6.45, 7) is 0.0888. The highest BCUT2D eigenvalue weighted by atomic mass is 32.1. The first-order valence-corrected chi connectivity index (χ1v) is 10.4. The Morgan fingerprint density at radius 2 is 1.97 bits per heavy atom. The van der Waals surface area contributed by atoms with E-state index in [4.69, 9.17) is 0 Å². The zero-order valence-corrected chi connectivity index (χ0v) is 17.1. The Balaban J connectivity index is 1.40. The van der Waals surface area contributed by atoms with E-state index in [0.717, 1.165) is 22.0 Å². The molecule has 32 heavy (non-hydrogen) atoms. The average molecular weight is 456 g/mol. The number of alkyl halides is 3. The van der Waals surface area contributed by atoms with Crippen molar-refractivity contribution in [1.82, 2.24) is 15.0 Å². The van der Waals surface area contributed by atoms with Crippen LogP contribution >= 0.6 is 11.3 Å². The van der Waals surface area contributed by atoms with Crippen LogP contribution in [0.1, 0.15) is 16.1 Å². The van der Waals surface area contributed by atoms with Gasteiger partial charge < -0.3 is 16.0 Å². The van der Waals surface area contributed by atoms with E-state index in [9.17, 15) is 18.0 Å². The van der Waals surface area contributed by atoms with E-state index in [-0.39, 0.29) is 30.6 Å². The number of aromatic nitrogens is 3. The van der Waals surface area contributed by atoms with Crippen molar-refractivity contribution in [2.75, 3.05) is 16.0 Å². The van der Waals surface area contributed by atoms with E-state index in [2.05, 4.69) is 30.9 Å². The van der Waals surface area contributed by atoms with Crippen LogP contribution in [-0.2, 0) is 23.9 Å². The van der Waals surface area contributed by atoms with Crippen molar-refractivity contribution in [3.63, 3.8) is 0 Å². The number of carbonyl (C=O) groups is 1. The number of halogens is 3. The Labute approximate surface area is 183 Å². The van der Waals surface area contributed by atoms with E-state index in [1.54, 1.807) is 18.2 Å². The minimum atomic E-state index is -4.62. The third-order valence-corrected chi connectivity index (χ3v) is 5.86. The zero-order valence-electron chi connectivity index (χ0n) is 16.3. The highest BCUT2D eigenvalue weighted by Gasteiger charge is 2.35. The molecular weight excluding hydrogens is 441 g/mol. The molecule has 0 fully saturated rings. The van der Waals surface area contributed by atoms with Crippen LogP contribution in [0, 0.1) is 0 Å². The summed E-state index contributed by atoms with van der Waals surface area (Å²) in [5.74, 6) is -0.446. The van der Waals surface area contributed by atoms with Gasteiger partial charge in [-0.15, -0.1) is 11.3 Å². The molecule has 0 unspecified atom stereocenters. The number of nitrogens with zero attached hydrogens (tertiary/aromatic N) is 3. The predicted molar refractivity (Wildman–Crippen MR) is 116 cm³/mol. The average Bonchev–Trinajstić information content (AvgIpc) is 3.33. The number of hydrogen-bond acceptors (Lipinski definition) is 7. The van der Waals surface area contributed by atoms with E-state index in [1.165, 1.54) is 11.3 Å². The number of anilines is 4. The number of amides is 1. The molecule has 4 aromatic rings. The zero-order chi connectivity index (χ0) is 22.3. The van der Waals surface area contributed by atoms with Gasteiger partial charge in [0.1, 0.15) is 16.4 Å². The van der Waals surface area contributed by atoms with Crippen molar-refractivity contribution in [2.45, 2.75) is 19.1 Å². The smallest absolute Gasteiger partial charge is 0.363 e. The second-order valence-corrected chi connectivity index (χ2v) is 8.22. The van der Waals surface area contributed by atoms with Gasteiger partial charge in [-0.2, -0.15) is 18.2 Å². The Kier molecular flexibility index (Phi) is 4.89. The molecule has 1 aliphatic rings. The molecule has 2 aromatic heterocycles. The molecular formula is C21H15F3N6OS. The highest BCUT2D eigenvalue weighted by molar-refractivity contribution is 7.18. The standard InChI is InChI=1S/C21H15F3N6OS/c22-21(23,24)13-9-26-20(27-12-5-6-14-11(7-12)8-17(31)28-14)30-19(13)25-10-18-29-15-3-1-2-4-16(15)32-18/h1-7,9H,8,10H2,(H,28,31)(H2,25,26,27,30). The number of thiazole rings is 1. The number of nitrogens with one attached hydrogen (secondary N) is 3. The summed E-state index contributed by atoms with van der Waals surface area (Å²) in [6.07, 6.45) is -3.63.